The van der Waals surface area contributed by atoms with E-state index in [4.69, 9.17) is 15.6 Å². The molecule has 0 aromatic rings. The van der Waals surface area contributed by atoms with E-state index >= 15 is 0 Å². The summed E-state index contributed by atoms with van der Waals surface area (Å²) in [5.74, 6) is -0.942. The highest BCUT2D eigenvalue weighted by Gasteiger charge is 2.32. The summed E-state index contributed by atoms with van der Waals surface area (Å²) < 4.78 is 5.24. The Morgan fingerprint density at radius 2 is 2.13 bits per heavy atom. The molecule has 1 rings (SSSR count). The highest BCUT2D eigenvalue weighted by Crippen LogP contribution is 2.15. The molecule has 0 saturated carbocycles. The molecule has 2 atom stereocenters. The Bertz CT molecular complexity index is 225. The number of rotatable bonds is 4. The van der Waals surface area contributed by atoms with Crippen LogP contribution in [0.2, 0.25) is 0 Å². The summed E-state index contributed by atoms with van der Waals surface area (Å²) in [6, 6.07) is 0.181. The van der Waals surface area contributed by atoms with Crippen molar-refractivity contribution < 1.29 is 14.6 Å². The molecule has 5 heteroatoms. The van der Waals surface area contributed by atoms with Crippen molar-refractivity contribution in [1.29, 1.82) is 0 Å². The Hall–Kier alpha value is -0.650. The smallest absolute Gasteiger partial charge is 0.323 e. The minimum absolute atomic E-state index is 0.181. The molecule has 1 aliphatic heterocycles. The topological polar surface area (TPSA) is 75.8 Å². The Kier molecular flexibility index (Phi) is 4.07. The number of carboxylic acid groups (broad SMARTS) is 1. The van der Waals surface area contributed by atoms with Crippen molar-refractivity contribution in [2.45, 2.75) is 31.8 Å². The maximum atomic E-state index is 10.9. The van der Waals surface area contributed by atoms with Gasteiger partial charge in [-0.1, -0.05) is 0 Å². The number of aliphatic carboxylic acids is 1. The molecule has 5 nitrogen and oxygen atoms in total. The minimum Gasteiger partial charge on any atom is -0.480 e. The third kappa shape index (κ3) is 3.44. The molecule has 88 valence electrons. The van der Waals surface area contributed by atoms with Gasteiger partial charge in [-0.05, 0) is 20.3 Å². The standard InChI is InChI=1S/C10H20N2O3/c1-8(7-10(2,11)9(13)14)12-3-5-15-6-4-12/h8H,3-7,11H2,1-2H3,(H,13,14). The molecule has 0 amide bonds. The molecule has 0 aromatic carbocycles. The second-order valence-corrected chi connectivity index (χ2v) is 4.42. The molecule has 0 aliphatic carbocycles. The summed E-state index contributed by atoms with van der Waals surface area (Å²) in [5.41, 5.74) is 4.57. The van der Waals surface area contributed by atoms with Gasteiger partial charge < -0.3 is 15.6 Å². The van der Waals surface area contributed by atoms with E-state index in [2.05, 4.69) is 4.90 Å². The van der Waals surface area contributed by atoms with Crippen molar-refractivity contribution in [2.24, 2.45) is 5.73 Å². The van der Waals surface area contributed by atoms with Crippen LogP contribution in [-0.4, -0.2) is 53.9 Å². The number of morpholine rings is 1. The molecule has 3 N–H and O–H groups in total. The zero-order chi connectivity index (χ0) is 11.5. The van der Waals surface area contributed by atoms with Crippen LogP contribution in [0.15, 0.2) is 0 Å². The van der Waals surface area contributed by atoms with Crippen molar-refractivity contribution in [3.63, 3.8) is 0 Å². The van der Waals surface area contributed by atoms with Crippen LogP contribution in [-0.2, 0) is 9.53 Å². The van der Waals surface area contributed by atoms with Gasteiger partial charge in [0, 0.05) is 19.1 Å². The van der Waals surface area contributed by atoms with E-state index in [-0.39, 0.29) is 6.04 Å². The Morgan fingerprint density at radius 3 is 2.60 bits per heavy atom. The average molecular weight is 216 g/mol. The molecule has 2 unspecified atom stereocenters. The summed E-state index contributed by atoms with van der Waals surface area (Å²) >= 11 is 0. The van der Waals surface area contributed by atoms with E-state index in [0.717, 1.165) is 26.3 Å². The second-order valence-electron chi connectivity index (χ2n) is 4.42. The lowest BCUT2D eigenvalue weighted by Crippen LogP contribution is -2.52. The van der Waals surface area contributed by atoms with E-state index < -0.39 is 11.5 Å². The lowest BCUT2D eigenvalue weighted by Gasteiger charge is -2.35. The van der Waals surface area contributed by atoms with Crippen molar-refractivity contribution in [2.75, 3.05) is 26.3 Å². The summed E-state index contributed by atoms with van der Waals surface area (Å²) in [6.07, 6.45) is 0.461. The normalized spacial score (nSPS) is 24.5. The van der Waals surface area contributed by atoms with Crippen LogP contribution in [0.3, 0.4) is 0 Å². The minimum atomic E-state index is -1.14. The second kappa shape index (κ2) is 4.92. The molecule has 1 aliphatic rings. The highest BCUT2D eigenvalue weighted by molar-refractivity contribution is 5.77. The molecular formula is C10H20N2O3. The molecule has 15 heavy (non-hydrogen) atoms. The van der Waals surface area contributed by atoms with Crippen molar-refractivity contribution in [3.05, 3.63) is 0 Å². The van der Waals surface area contributed by atoms with Gasteiger partial charge in [0.15, 0.2) is 0 Å². The number of nitrogens with zero attached hydrogens (tertiary/aromatic N) is 1. The Labute approximate surface area is 90.2 Å². The van der Waals surface area contributed by atoms with E-state index in [9.17, 15) is 4.79 Å². The molecule has 0 bridgehead atoms. The fourth-order valence-corrected chi connectivity index (χ4v) is 1.85. The first kappa shape index (κ1) is 12.4. The van der Waals surface area contributed by atoms with Crippen LogP contribution in [0.4, 0.5) is 0 Å². The molecule has 0 radical (unpaired) electrons. The molecular weight excluding hydrogens is 196 g/mol. The molecule has 1 fully saturated rings. The van der Waals surface area contributed by atoms with E-state index in [1.54, 1.807) is 6.92 Å². The van der Waals surface area contributed by atoms with Crippen LogP contribution < -0.4 is 5.73 Å². The predicted octanol–water partition coefficient (Wildman–Crippen LogP) is -0.101. The predicted molar refractivity (Wildman–Crippen MR) is 56.7 cm³/mol. The number of nitrogens with two attached hydrogens (primary N) is 1. The van der Waals surface area contributed by atoms with Crippen LogP contribution in [0.1, 0.15) is 20.3 Å². The zero-order valence-electron chi connectivity index (χ0n) is 9.40. The van der Waals surface area contributed by atoms with Crippen LogP contribution in [0.25, 0.3) is 0 Å². The van der Waals surface area contributed by atoms with Crippen molar-refractivity contribution in [1.82, 2.24) is 4.90 Å². The molecule has 0 spiro atoms. The van der Waals surface area contributed by atoms with Gasteiger partial charge in [0.2, 0.25) is 0 Å². The van der Waals surface area contributed by atoms with Crippen LogP contribution in [0.5, 0.6) is 0 Å². The summed E-state index contributed by atoms with van der Waals surface area (Å²) in [7, 11) is 0. The summed E-state index contributed by atoms with van der Waals surface area (Å²) in [6.45, 7) is 6.73. The number of carboxylic acids is 1. The summed E-state index contributed by atoms with van der Waals surface area (Å²) in [5, 5.41) is 8.92. The Balaban J connectivity index is 2.46. The van der Waals surface area contributed by atoms with Crippen LogP contribution >= 0.6 is 0 Å². The monoisotopic (exact) mass is 216 g/mol. The zero-order valence-corrected chi connectivity index (χ0v) is 9.40. The summed E-state index contributed by atoms with van der Waals surface area (Å²) in [4.78, 5) is 13.1. The fourth-order valence-electron chi connectivity index (χ4n) is 1.85. The lowest BCUT2D eigenvalue weighted by molar-refractivity contribution is -0.143. The quantitative estimate of drug-likeness (QED) is 0.686. The highest BCUT2D eigenvalue weighted by atomic mass is 16.5. The SMILES string of the molecule is CC(CC(C)(N)C(=O)O)N1CCOCC1. The van der Waals surface area contributed by atoms with Gasteiger partial charge >= 0.3 is 5.97 Å². The number of ether oxygens (including phenoxy) is 1. The molecule has 0 aromatic heterocycles. The van der Waals surface area contributed by atoms with Gasteiger partial charge in [0.05, 0.1) is 13.2 Å². The number of hydrogen-bond acceptors (Lipinski definition) is 4. The first-order valence-corrected chi connectivity index (χ1v) is 5.27. The van der Waals surface area contributed by atoms with E-state index in [1.807, 2.05) is 6.92 Å². The van der Waals surface area contributed by atoms with Crippen LogP contribution in [0, 0.1) is 0 Å². The Morgan fingerprint density at radius 1 is 1.60 bits per heavy atom. The molecule has 1 heterocycles. The van der Waals surface area contributed by atoms with E-state index in [1.165, 1.54) is 0 Å². The third-order valence-corrected chi connectivity index (χ3v) is 2.88. The van der Waals surface area contributed by atoms with Crippen molar-refractivity contribution >= 4 is 5.97 Å². The van der Waals surface area contributed by atoms with Gasteiger partial charge in [0.25, 0.3) is 0 Å². The van der Waals surface area contributed by atoms with Gasteiger partial charge in [-0.2, -0.15) is 0 Å². The first-order valence-electron chi connectivity index (χ1n) is 5.27. The van der Waals surface area contributed by atoms with Gasteiger partial charge in [-0.25, -0.2) is 0 Å². The number of carbonyl (C=O) groups is 1. The average Bonchev–Trinajstić information content (AvgIpc) is 2.18. The van der Waals surface area contributed by atoms with Gasteiger partial charge in [-0.15, -0.1) is 0 Å². The third-order valence-electron chi connectivity index (χ3n) is 2.88. The van der Waals surface area contributed by atoms with Gasteiger partial charge in [-0.3, -0.25) is 9.69 Å². The largest absolute Gasteiger partial charge is 0.480 e. The van der Waals surface area contributed by atoms with Gasteiger partial charge in [0.1, 0.15) is 5.54 Å². The van der Waals surface area contributed by atoms with Crippen molar-refractivity contribution in [3.8, 4) is 0 Å². The fraction of sp³-hybridized carbons (Fsp3) is 0.900. The maximum Gasteiger partial charge on any atom is 0.323 e. The first-order chi connectivity index (χ1) is 6.93. The lowest BCUT2D eigenvalue weighted by atomic mass is 9.94. The maximum absolute atomic E-state index is 10.9. The molecule has 1 saturated heterocycles. The number of hydrogen-bond donors (Lipinski definition) is 2. The van der Waals surface area contributed by atoms with E-state index in [0.29, 0.717) is 6.42 Å².